The van der Waals surface area contributed by atoms with E-state index in [0.717, 1.165) is 18.7 Å². The second-order valence-corrected chi connectivity index (χ2v) is 6.11. The van der Waals surface area contributed by atoms with Gasteiger partial charge in [0.1, 0.15) is 17.2 Å². The van der Waals surface area contributed by atoms with Crippen molar-refractivity contribution in [1.29, 1.82) is 0 Å². The Hall–Kier alpha value is -3.54. The van der Waals surface area contributed by atoms with Gasteiger partial charge in [-0.15, -0.1) is 0 Å². The molecule has 144 valence electrons. The Bertz CT molecular complexity index is 929. The van der Waals surface area contributed by atoms with Gasteiger partial charge in [-0.1, -0.05) is 30.3 Å². The molecule has 0 fully saturated rings. The molecule has 1 aromatic heterocycles. The first-order valence-electron chi connectivity index (χ1n) is 8.97. The minimum atomic E-state index is -0.321. The van der Waals surface area contributed by atoms with E-state index in [0.29, 0.717) is 22.9 Å². The summed E-state index contributed by atoms with van der Waals surface area (Å²) in [5.74, 6) is 0.852. The molecule has 0 radical (unpaired) electrons. The molecular weight excluding hydrogens is 354 g/mol. The van der Waals surface area contributed by atoms with E-state index in [2.05, 4.69) is 27.8 Å². The zero-order valence-electron chi connectivity index (χ0n) is 15.9. The fourth-order valence-corrected chi connectivity index (χ4v) is 2.76. The van der Waals surface area contributed by atoms with Crippen molar-refractivity contribution in [1.82, 2.24) is 4.98 Å². The van der Waals surface area contributed by atoms with Gasteiger partial charge in [0.25, 0.3) is 5.91 Å². The number of aromatic nitrogens is 1. The summed E-state index contributed by atoms with van der Waals surface area (Å²) in [5, 5.41) is 6.16. The molecule has 0 saturated heterocycles. The van der Waals surface area contributed by atoms with Crippen LogP contribution in [0.15, 0.2) is 66.9 Å². The van der Waals surface area contributed by atoms with Crippen LogP contribution < -0.4 is 20.1 Å². The van der Waals surface area contributed by atoms with Gasteiger partial charge in [-0.2, -0.15) is 0 Å². The van der Waals surface area contributed by atoms with E-state index in [1.54, 1.807) is 44.7 Å². The first-order valence-corrected chi connectivity index (χ1v) is 8.97. The Morgan fingerprint density at radius 3 is 2.57 bits per heavy atom. The summed E-state index contributed by atoms with van der Waals surface area (Å²) < 4.78 is 10.5. The summed E-state index contributed by atoms with van der Waals surface area (Å²) in [7, 11) is 3.12. The molecule has 3 rings (SSSR count). The Labute approximate surface area is 164 Å². The minimum Gasteiger partial charge on any atom is -0.497 e. The molecule has 1 heterocycles. The van der Waals surface area contributed by atoms with Gasteiger partial charge in [0, 0.05) is 24.5 Å². The average molecular weight is 377 g/mol. The van der Waals surface area contributed by atoms with Crippen LogP contribution in [0.25, 0.3) is 0 Å². The maximum Gasteiger partial charge on any atom is 0.274 e. The molecule has 0 aliphatic carbocycles. The van der Waals surface area contributed by atoms with Crippen LogP contribution in [0, 0.1) is 0 Å². The summed E-state index contributed by atoms with van der Waals surface area (Å²) in [6.45, 7) is 0.763. The quantitative estimate of drug-likeness (QED) is 0.621. The smallest absolute Gasteiger partial charge is 0.274 e. The molecule has 2 aromatic carbocycles. The van der Waals surface area contributed by atoms with Gasteiger partial charge < -0.3 is 20.1 Å². The molecule has 1 amide bonds. The predicted octanol–water partition coefficient (Wildman–Crippen LogP) is 4.01. The SMILES string of the molecule is COc1ccc(OC)c(NC(=O)c2cc(NCCc3ccccc3)ccn2)c1. The van der Waals surface area contributed by atoms with Gasteiger partial charge >= 0.3 is 0 Å². The van der Waals surface area contributed by atoms with Gasteiger partial charge in [0.2, 0.25) is 0 Å². The number of carbonyl (C=O) groups excluding carboxylic acids is 1. The molecule has 2 N–H and O–H groups in total. The number of nitrogens with one attached hydrogen (secondary N) is 2. The maximum absolute atomic E-state index is 12.6. The second-order valence-electron chi connectivity index (χ2n) is 6.11. The molecule has 28 heavy (non-hydrogen) atoms. The number of methoxy groups -OCH3 is 2. The second kappa shape index (κ2) is 9.41. The standard InChI is InChI=1S/C22H23N3O3/c1-27-18-8-9-21(28-2)19(15-18)25-22(26)20-14-17(11-13-24-20)23-12-10-16-6-4-3-5-7-16/h3-9,11,13-15H,10,12H2,1-2H3,(H,23,24)(H,25,26). The molecule has 0 bridgehead atoms. The van der Waals surface area contributed by atoms with E-state index >= 15 is 0 Å². The summed E-state index contributed by atoms with van der Waals surface area (Å²) in [6, 6.07) is 19.0. The summed E-state index contributed by atoms with van der Waals surface area (Å²) >= 11 is 0. The largest absolute Gasteiger partial charge is 0.497 e. The first-order chi connectivity index (χ1) is 13.7. The van der Waals surface area contributed by atoms with Crippen LogP contribution in [0.4, 0.5) is 11.4 Å². The number of carbonyl (C=O) groups is 1. The fourth-order valence-electron chi connectivity index (χ4n) is 2.76. The molecule has 0 saturated carbocycles. The Balaban J connectivity index is 1.65. The van der Waals surface area contributed by atoms with E-state index in [1.807, 2.05) is 24.3 Å². The lowest BCUT2D eigenvalue weighted by Gasteiger charge is -2.12. The van der Waals surface area contributed by atoms with Crippen LogP contribution in [0.1, 0.15) is 16.1 Å². The monoisotopic (exact) mass is 377 g/mol. The topological polar surface area (TPSA) is 72.5 Å². The van der Waals surface area contributed by atoms with Gasteiger partial charge in [0.05, 0.1) is 19.9 Å². The highest BCUT2D eigenvalue weighted by Gasteiger charge is 2.12. The van der Waals surface area contributed by atoms with E-state index in [-0.39, 0.29) is 5.91 Å². The molecule has 0 atom stereocenters. The fraction of sp³-hybridized carbons (Fsp3) is 0.182. The van der Waals surface area contributed by atoms with E-state index < -0.39 is 0 Å². The third-order valence-electron chi connectivity index (χ3n) is 4.23. The summed E-state index contributed by atoms with van der Waals surface area (Å²) in [6.07, 6.45) is 2.51. The van der Waals surface area contributed by atoms with Crippen molar-refractivity contribution in [3.63, 3.8) is 0 Å². The molecule has 0 aliphatic heterocycles. The predicted molar refractivity (Wildman–Crippen MR) is 110 cm³/mol. The number of benzene rings is 2. The van der Waals surface area contributed by atoms with Crippen molar-refractivity contribution < 1.29 is 14.3 Å². The van der Waals surface area contributed by atoms with Crippen molar-refractivity contribution in [3.05, 3.63) is 78.1 Å². The lowest BCUT2D eigenvalue weighted by atomic mass is 10.1. The zero-order chi connectivity index (χ0) is 19.8. The van der Waals surface area contributed by atoms with Crippen molar-refractivity contribution in [3.8, 4) is 11.5 Å². The first kappa shape index (κ1) is 19.2. The van der Waals surface area contributed by atoms with Crippen LogP contribution in [-0.2, 0) is 6.42 Å². The molecule has 6 heteroatoms. The lowest BCUT2D eigenvalue weighted by Crippen LogP contribution is -2.15. The highest BCUT2D eigenvalue weighted by Crippen LogP contribution is 2.29. The van der Waals surface area contributed by atoms with Crippen molar-refractivity contribution in [2.45, 2.75) is 6.42 Å². The molecule has 0 aliphatic rings. The molecule has 0 spiro atoms. The third kappa shape index (κ3) is 5.01. The average Bonchev–Trinajstić information content (AvgIpc) is 2.74. The number of hydrogen-bond acceptors (Lipinski definition) is 5. The minimum absolute atomic E-state index is 0.314. The molecule has 0 unspecified atom stereocenters. The van der Waals surface area contributed by atoms with Crippen molar-refractivity contribution >= 4 is 17.3 Å². The highest BCUT2D eigenvalue weighted by molar-refractivity contribution is 6.04. The van der Waals surface area contributed by atoms with Crippen LogP contribution in [0.3, 0.4) is 0 Å². The Kier molecular flexibility index (Phi) is 6.46. The highest BCUT2D eigenvalue weighted by atomic mass is 16.5. The number of hydrogen-bond donors (Lipinski definition) is 2. The van der Waals surface area contributed by atoms with Gasteiger partial charge in [-0.05, 0) is 36.2 Å². The number of rotatable bonds is 8. The van der Waals surface area contributed by atoms with E-state index in [4.69, 9.17) is 9.47 Å². The van der Waals surface area contributed by atoms with E-state index in [1.165, 1.54) is 5.56 Å². The Morgan fingerprint density at radius 1 is 1.00 bits per heavy atom. The van der Waals surface area contributed by atoms with Crippen LogP contribution in [0.5, 0.6) is 11.5 Å². The van der Waals surface area contributed by atoms with Crippen LogP contribution in [-0.4, -0.2) is 31.7 Å². The number of nitrogens with zero attached hydrogens (tertiary/aromatic N) is 1. The van der Waals surface area contributed by atoms with Gasteiger partial charge in [0.15, 0.2) is 0 Å². The van der Waals surface area contributed by atoms with Crippen molar-refractivity contribution in [2.75, 3.05) is 31.4 Å². The number of amides is 1. The summed E-state index contributed by atoms with van der Waals surface area (Å²) in [5.41, 5.74) is 2.94. The van der Waals surface area contributed by atoms with Crippen LogP contribution >= 0.6 is 0 Å². The third-order valence-corrected chi connectivity index (χ3v) is 4.23. The normalized spacial score (nSPS) is 10.2. The number of ether oxygens (including phenoxy) is 2. The Morgan fingerprint density at radius 2 is 1.82 bits per heavy atom. The van der Waals surface area contributed by atoms with Crippen LogP contribution in [0.2, 0.25) is 0 Å². The van der Waals surface area contributed by atoms with Crippen molar-refractivity contribution in [2.24, 2.45) is 0 Å². The van der Waals surface area contributed by atoms with E-state index in [9.17, 15) is 4.79 Å². The molecular formula is C22H23N3O3. The molecule has 3 aromatic rings. The lowest BCUT2D eigenvalue weighted by molar-refractivity contribution is 0.102. The van der Waals surface area contributed by atoms with Gasteiger partial charge in [-0.25, -0.2) is 0 Å². The summed E-state index contributed by atoms with van der Waals surface area (Å²) in [4.78, 5) is 16.8. The molecule has 6 nitrogen and oxygen atoms in total. The maximum atomic E-state index is 12.6. The zero-order valence-corrected chi connectivity index (χ0v) is 15.9. The number of anilines is 2. The number of pyridine rings is 1. The van der Waals surface area contributed by atoms with Gasteiger partial charge in [-0.3, -0.25) is 9.78 Å².